The second-order valence-corrected chi connectivity index (χ2v) is 5.67. The molecule has 0 heterocycles. The summed E-state index contributed by atoms with van der Waals surface area (Å²) in [5, 5.41) is 13.8. The third-order valence-electron chi connectivity index (χ3n) is 2.77. The molecule has 0 aromatic heterocycles. The Morgan fingerprint density at radius 3 is 2.09 bits per heavy atom. The predicted octanol–water partition coefficient (Wildman–Crippen LogP) is 3.40. The zero-order valence-corrected chi connectivity index (χ0v) is 13.6. The summed E-state index contributed by atoms with van der Waals surface area (Å²) in [5.74, 6) is -0.602. The van der Waals surface area contributed by atoms with Crippen molar-refractivity contribution in [2.24, 2.45) is 0 Å². The minimum Gasteiger partial charge on any atom is -0.325 e. The lowest BCUT2D eigenvalue weighted by Gasteiger charge is -2.07. The van der Waals surface area contributed by atoms with E-state index >= 15 is 0 Å². The lowest BCUT2D eigenvalue weighted by Crippen LogP contribution is -2.13. The number of halogens is 1. The smallest absolute Gasteiger partial charge is 0.255 e. The van der Waals surface area contributed by atoms with Crippen LogP contribution in [0.15, 0.2) is 48.5 Å². The number of hydrogen-bond acceptors (Lipinski definition) is 3. The quantitative estimate of drug-likeness (QED) is 0.766. The van der Waals surface area contributed by atoms with Gasteiger partial charge in [0.1, 0.15) is 6.42 Å². The van der Waals surface area contributed by atoms with Gasteiger partial charge in [-0.15, -0.1) is 0 Å². The second-order valence-electron chi connectivity index (χ2n) is 4.42. The number of carbonyl (C=O) groups is 2. The fourth-order valence-corrected chi connectivity index (χ4v) is 2.08. The van der Waals surface area contributed by atoms with Gasteiger partial charge in [-0.3, -0.25) is 9.59 Å². The fourth-order valence-electron chi connectivity index (χ4n) is 1.72. The zero-order chi connectivity index (χ0) is 15.9. The number of rotatable bonds is 4. The van der Waals surface area contributed by atoms with Crippen molar-refractivity contribution in [1.82, 2.24) is 0 Å². The second kappa shape index (κ2) is 7.56. The van der Waals surface area contributed by atoms with Crippen LogP contribution in [0.3, 0.4) is 0 Å². The first-order valence-corrected chi connectivity index (χ1v) is 7.50. The largest absolute Gasteiger partial charge is 0.325 e. The molecule has 0 radical (unpaired) electrons. The van der Waals surface area contributed by atoms with E-state index in [0.29, 0.717) is 11.3 Å². The number of nitrogens with one attached hydrogen (secondary N) is 2. The monoisotopic (exact) mass is 405 g/mol. The van der Waals surface area contributed by atoms with E-state index in [1.807, 2.05) is 24.3 Å². The highest BCUT2D eigenvalue weighted by atomic mass is 127. The molecule has 0 unspecified atom stereocenters. The van der Waals surface area contributed by atoms with Crippen molar-refractivity contribution >= 4 is 45.8 Å². The molecule has 0 saturated heterocycles. The highest BCUT2D eigenvalue weighted by Gasteiger charge is 2.07. The average Bonchev–Trinajstić information content (AvgIpc) is 2.50. The molecule has 0 aliphatic carbocycles. The van der Waals surface area contributed by atoms with Gasteiger partial charge < -0.3 is 10.6 Å². The van der Waals surface area contributed by atoms with Gasteiger partial charge in [0.25, 0.3) is 5.91 Å². The predicted molar refractivity (Wildman–Crippen MR) is 92.4 cm³/mol. The third-order valence-corrected chi connectivity index (χ3v) is 3.49. The Bertz CT molecular complexity index is 719. The maximum absolute atomic E-state index is 12.1. The van der Waals surface area contributed by atoms with E-state index < -0.39 is 0 Å². The minimum absolute atomic E-state index is 0.199. The first-order chi connectivity index (χ1) is 10.6. The van der Waals surface area contributed by atoms with E-state index in [2.05, 4.69) is 33.2 Å². The molecular formula is C16H12IN3O2. The van der Waals surface area contributed by atoms with Crippen molar-refractivity contribution in [3.05, 3.63) is 57.7 Å². The summed E-state index contributed by atoms with van der Waals surface area (Å²) < 4.78 is 1.09. The van der Waals surface area contributed by atoms with Crippen LogP contribution in [0.25, 0.3) is 0 Å². The molecule has 0 aliphatic rings. The van der Waals surface area contributed by atoms with Crippen molar-refractivity contribution in [1.29, 1.82) is 5.26 Å². The molecule has 0 spiro atoms. The molecule has 0 bridgehead atoms. The highest BCUT2D eigenvalue weighted by molar-refractivity contribution is 14.1. The van der Waals surface area contributed by atoms with Gasteiger partial charge in [0.05, 0.1) is 6.07 Å². The Morgan fingerprint density at radius 1 is 0.955 bits per heavy atom. The van der Waals surface area contributed by atoms with Gasteiger partial charge >= 0.3 is 0 Å². The standard InChI is InChI=1S/C16H12IN3O2/c17-12-3-7-14(8-4-12)20-16(22)11-1-5-13(6-2-11)19-15(21)9-10-18/h1-8H,9H2,(H,19,21)(H,20,22). The maximum Gasteiger partial charge on any atom is 0.255 e. The fraction of sp³-hybridized carbons (Fsp3) is 0.0625. The van der Waals surface area contributed by atoms with Crippen molar-refractivity contribution in [3.63, 3.8) is 0 Å². The summed E-state index contributed by atoms with van der Waals surface area (Å²) in [6.45, 7) is 0. The Balaban J connectivity index is 2.00. The number of nitrogens with zero attached hydrogens (tertiary/aromatic N) is 1. The molecule has 2 amide bonds. The van der Waals surface area contributed by atoms with Crippen molar-refractivity contribution < 1.29 is 9.59 Å². The summed E-state index contributed by atoms with van der Waals surface area (Å²) in [5.41, 5.74) is 1.75. The van der Waals surface area contributed by atoms with Crippen LogP contribution in [0.1, 0.15) is 16.8 Å². The van der Waals surface area contributed by atoms with E-state index in [9.17, 15) is 9.59 Å². The molecule has 0 aliphatic heterocycles. The molecule has 22 heavy (non-hydrogen) atoms. The Hall–Kier alpha value is -2.40. The van der Waals surface area contributed by atoms with E-state index in [0.717, 1.165) is 9.26 Å². The first kappa shape index (κ1) is 16.0. The molecular weight excluding hydrogens is 393 g/mol. The van der Waals surface area contributed by atoms with Crippen LogP contribution in [0.2, 0.25) is 0 Å². The first-order valence-electron chi connectivity index (χ1n) is 6.42. The van der Waals surface area contributed by atoms with Crippen LogP contribution < -0.4 is 10.6 Å². The SMILES string of the molecule is N#CCC(=O)Nc1ccc(C(=O)Nc2ccc(I)cc2)cc1. The lowest BCUT2D eigenvalue weighted by molar-refractivity contribution is -0.115. The molecule has 0 saturated carbocycles. The van der Waals surface area contributed by atoms with Gasteiger partial charge in [0, 0.05) is 20.5 Å². The zero-order valence-electron chi connectivity index (χ0n) is 11.5. The van der Waals surface area contributed by atoms with Crippen molar-refractivity contribution in [2.45, 2.75) is 6.42 Å². The molecule has 0 fully saturated rings. The van der Waals surface area contributed by atoms with Gasteiger partial charge in [0.15, 0.2) is 0 Å². The van der Waals surface area contributed by atoms with Gasteiger partial charge in [-0.1, -0.05) is 0 Å². The summed E-state index contributed by atoms with van der Waals surface area (Å²) in [6.07, 6.45) is -0.199. The normalized spacial score (nSPS) is 9.64. The van der Waals surface area contributed by atoms with E-state index in [4.69, 9.17) is 5.26 Å². The van der Waals surface area contributed by atoms with Crippen LogP contribution in [-0.2, 0) is 4.79 Å². The van der Waals surface area contributed by atoms with Crippen LogP contribution in [0.4, 0.5) is 11.4 Å². The number of benzene rings is 2. The average molecular weight is 405 g/mol. The van der Waals surface area contributed by atoms with Crippen LogP contribution >= 0.6 is 22.6 Å². The molecule has 2 N–H and O–H groups in total. The summed E-state index contributed by atoms with van der Waals surface area (Å²) in [6, 6.07) is 15.7. The molecule has 0 atom stereocenters. The molecule has 6 heteroatoms. The molecule has 5 nitrogen and oxygen atoms in total. The van der Waals surface area contributed by atoms with Crippen molar-refractivity contribution in [2.75, 3.05) is 10.6 Å². The Kier molecular flexibility index (Phi) is 5.49. The van der Waals surface area contributed by atoms with Gasteiger partial charge in [-0.05, 0) is 71.1 Å². The molecule has 2 rings (SSSR count). The topological polar surface area (TPSA) is 82.0 Å². The van der Waals surface area contributed by atoms with Crippen LogP contribution in [0, 0.1) is 14.9 Å². The number of carbonyl (C=O) groups excluding carboxylic acids is 2. The number of anilines is 2. The van der Waals surface area contributed by atoms with Crippen LogP contribution in [0.5, 0.6) is 0 Å². The number of amides is 2. The van der Waals surface area contributed by atoms with Crippen molar-refractivity contribution in [3.8, 4) is 6.07 Å². The third kappa shape index (κ3) is 4.56. The summed E-state index contributed by atoms with van der Waals surface area (Å²) >= 11 is 2.19. The molecule has 2 aromatic rings. The maximum atomic E-state index is 12.1. The van der Waals surface area contributed by atoms with Gasteiger partial charge in [-0.25, -0.2) is 0 Å². The summed E-state index contributed by atoms with van der Waals surface area (Å²) in [7, 11) is 0. The molecule has 110 valence electrons. The van der Waals surface area contributed by atoms with Gasteiger partial charge in [-0.2, -0.15) is 5.26 Å². The van der Waals surface area contributed by atoms with E-state index in [-0.39, 0.29) is 18.2 Å². The van der Waals surface area contributed by atoms with Crippen LogP contribution in [-0.4, -0.2) is 11.8 Å². The van der Waals surface area contributed by atoms with Gasteiger partial charge in [0.2, 0.25) is 5.91 Å². The number of nitriles is 1. The Morgan fingerprint density at radius 2 is 1.50 bits per heavy atom. The van der Waals surface area contributed by atoms with E-state index in [1.165, 1.54) is 0 Å². The summed E-state index contributed by atoms with van der Waals surface area (Å²) in [4.78, 5) is 23.4. The number of hydrogen-bond donors (Lipinski definition) is 2. The Labute approximate surface area is 141 Å². The minimum atomic E-state index is -0.376. The molecule has 2 aromatic carbocycles. The van der Waals surface area contributed by atoms with E-state index in [1.54, 1.807) is 30.3 Å². The lowest BCUT2D eigenvalue weighted by atomic mass is 10.2. The highest BCUT2D eigenvalue weighted by Crippen LogP contribution is 2.14.